The van der Waals surface area contributed by atoms with Crippen LogP contribution in [0.3, 0.4) is 0 Å². The number of fused-ring (bicyclic) bond motifs is 3. The zero-order chi connectivity index (χ0) is 22.6. The van der Waals surface area contributed by atoms with Crippen molar-refractivity contribution in [3.63, 3.8) is 0 Å². The van der Waals surface area contributed by atoms with Crippen LogP contribution in [0.4, 0.5) is 4.39 Å². The molecule has 6 rings (SSSR count). The number of hydrogen-bond acceptors (Lipinski definition) is 3. The molecule has 0 bridgehead atoms. The van der Waals surface area contributed by atoms with Gasteiger partial charge in [0.1, 0.15) is 5.82 Å². The van der Waals surface area contributed by atoms with Crippen molar-refractivity contribution in [3.05, 3.63) is 88.3 Å². The molecule has 2 aromatic heterocycles. The van der Waals surface area contributed by atoms with E-state index in [2.05, 4.69) is 47.7 Å². The minimum absolute atomic E-state index is 0.0225. The third-order valence-electron chi connectivity index (χ3n) is 7.84. The Morgan fingerprint density at radius 1 is 1.21 bits per heavy atom. The first-order valence-electron chi connectivity index (χ1n) is 11.7. The molecule has 1 fully saturated rings. The van der Waals surface area contributed by atoms with Gasteiger partial charge in [-0.25, -0.2) is 9.07 Å². The van der Waals surface area contributed by atoms with Crippen molar-refractivity contribution in [1.29, 1.82) is 0 Å². The standard InChI is InChI=1S/C28H27FN2OS/c1-28-15-18-16-30-31(22-11-9-21(29)10-12-22)25(18)13-19(28)5-4-6-20(28)14-26(32)24-17-33-27-8-3-2-7-23(24)27/h2-3,7-13,16-17,20,26,32H,4-6,14-15H2,1H3/t20-,26+,28+/m1/s1. The summed E-state index contributed by atoms with van der Waals surface area (Å²) in [6.45, 7) is 2.37. The summed E-state index contributed by atoms with van der Waals surface area (Å²) in [7, 11) is 0. The summed E-state index contributed by atoms with van der Waals surface area (Å²) in [5.74, 6) is 0.172. The van der Waals surface area contributed by atoms with Gasteiger partial charge >= 0.3 is 0 Å². The van der Waals surface area contributed by atoms with Crippen LogP contribution in [0, 0.1) is 17.2 Å². The van der Waals surface area contributed by atoms with Gasteiger partial charge in [0.15, 0.2) is 0 Å². The maximum absolute atomic E-state index is 13.4. The highest BCUT2D eigenvalue weighted by molar-refractivity contribution is 7.17. The first-order chi connectivity index (χ1) is 16.0. The minimum atomic E-state index is -0.453. The number of rotatable bonds is 4. The van der Waals surface area contributed by atoms with Crippen LogP contribution in [0.2, 0.25) is 0 Å². The number of benzene rings is 2. The van der Waals surface area contributed by atoms with Gasteiger partial charge in [-0.15, -0.1) is 11.3 Å². The van der Waals surface area contributed by atoms with E-state index in [9.17, 15) is 9.50 Å². The summed E-state index contributed by atoms with van der Waals surface area (Å²) in [6.07, 6.45) is 8.88. The Kier molecular flexibility index (Phi) is 5.00. The predicted molar refractivity (Wildman–Crippen MR) is 132 cm³/mol. The Morgan fingerprint density at radius 3 is 2.88 bits per heavy atom. The lowest BCUT2D eigenvalue weighted by atomic mass is 9.58. The fourth-order valence-electron chi connectivity index (χ4n) is 5.96. The summed E-state index contributed by atoms with van der Waals surface area (Å²) < 4.78 is 16.6. The summed E-state index contributed by atoms with van der Waals surface area (Å²) in [5.41, 5.74) is 5.76. The van der Waals surface area contributed by atoms with Gasteiger partial charge in [0.25, 0.3) is 0 Å². The summed E-state index contributed by atoms with van der Waals surface area (Å²) in [6, 6.07) is 14.9. The van der Waals surface area contributed by atoms with Crippen molar-refractivity contribution in [2.24, 2.45) is 11.3 Å². The van der Waals surface area contributed by atoms with Crippen LogP contribution in [0.1, 0.15) is 55.5 Å². The molecule has 2 heterocycles. The van der Waals surface area contributed by atoms with E-state index in [1.165, 1.54) is 33.4 Å². The zero-order valence-electron chi connectivity index (χ0n) is 18.7. The maximum atomic E-state index is 13.4. The molecular weight excluding hydrogens is 431 g/mol. The van der Waals surface area contributed by atoms with Crippen LogP contribution < -0.4 is 0 Å². The van der Waals surface area contributed by atoms with Crippen molar-refractivity contribution in [3.8, 4) is 5.69 Å². The van der Waals surface area contributed by atoms with Gasteiger partial charge in [0.2, 0.25) is 0 Å². The van der Waals surface area contributed by atoms with E-state index in [-0.39, 0.29) is 11.2 Å². The number of nitrogens with zero attached hydrogens (tertiary/aromatic N) is 2. The summed E-state index contributed by atoms with van der Waals surface area (Å²) in [5, 5.41) is 19.2. The van der Waals surface area contributed by atoms with Gasteiger partial charge in [-0.1, -0.05) is 30.7 Å². The van der Waals surface area contributed by atoms with Crippen LogP contribution in [0.15, 0.2) is 65.7 Å². The van der Waals surface area contributed by atoms with Crippen molar-refractivity contribution >= 4 is 27.5 Å². The predicted octanol–water partition coefficient (Wildman–Crippen LogP) is 7.10. The molecule has 0 unspecified atom stereocenters. The Bertz CT molecular complexity index is 1350. The summed E-state index contributed by atoms with van der Waals surface area (Å²) >= 11 is 1.71. The number of thiophene rings is 1. The number of aliphatic hydroxyl groups is 1. The largest absolute Gasteiger partial charge is 0.388 e. The molecule has 33 heavy (non-hydrogen) atoms. The Morgan fingerprint density at radius 2 is 2.03 bits per heavy atom. The highest BCUT2D eigenvalue weighted by Gasteiger charge is 2.44. The molecule has 0 amide bonds. The molecule has 2 aromatic carbocycles. The van der Waals surface area contributed by atoms with E-state index < -0.39 is 6.10 Å². The van der Waals surface area contributed by atoms with Crippen molar-refractivity contribution in [2.75, 3.05) is 0 Å². The lowest BCUT2D eigenvalue weighted by molar-refractivity contribution is 0.0843. The van der Waals surface area contributed by atoms with E-state index >= 15 is 0 Å². The van der Waals surface area contributed by atoms with E-state index in [1.54, 1.807) is 23.5 Å². The third-order valence-corrected chi connectivity index (χ3v) is 8.82. The Labute approximate surface area is 197 Å². The number of aliphatic hydroxyl groups excluding tert-OH is 1. The fourth-order valence-corrected chi connectivity index (χ4v) is 6.97. The fraction of sp³-hybridized carbons (Fsp3) is 0.321. The molecule has 0 spiro atoms. The van der Waals surface area contributed by atoms with Crippen molar-refractivity contribution in [2.45, 2.75) is 45.1 Å². The molecule has 5 heteroatoms. The van der Waals surface area contributed by atoms with E-state index in [4.69, 9.17) is 0 Å². The topological polar surface area (TPSA) is 38.0 Å². The molecule has 0 radical (unpaired) electrons. The Hall–Kier alpha value is -2.76. The van der Waals surface area contributed by atoms with Crippen LogP contribution in [0.5, 0.6) is 0 Å². The first kappa shape index (κ1) is 20.8. The first-order valence-corrected chi connectivity index (χ1v) is 12.6. The van der Waals surface area contributed by atoms with E-state index in [1.807, 2.05) is 10.9 Å². The van der Waals surface area contributed by atoms with Crippen LogP contribution in [-0.4, -0.2) is 14.9 Å². The molecule has 2 aliphatic carbocycles. The molecule has 0 aliphatic heterocycles. The SMILES string of the molecule is C[C@]12Cc3cnn(-c4ccc(F)cc4)c3C=C1CCC[C@@H]2C[C@H](O)c1csc2ccccc12. The van der Waals surface area contributed by atoms with Crippen LogP contribution in [0.25, 0.3) is 21.8 Å². The second-order valence-corrected chi connectivity index (χ2v) is 10.6. The molecule has 1 saturated carbocycles. The van der Waals surface area contributed by atoms with Crippen molar-refractivity contribution < 1.29 is 9.50 Å². The zero-order valence-corrected chi connectivity index (χ0v) is 19.5. The van der Waals surface area contributed by atoms with Gasteiger partial charge < -0.3 is 5.11 Å². The average Bonchev–Trinajstić information content (AvgIpc) is 3.42. The highest BCUT2D eigenvalue weighted by atomic mass is 32.1. The number of halogens is 1. The van der Waals surface area contributed by atoms with Gasteiger partial charge in [-0.3, -0.25) is 0 Å². The molecule has 4 aromatic rings. The second kappa shape index (κ2) is 7.93. The average molecular weight is 459 g/mol. The van der Waals surface area contributed by atoms with Gasteiger partial charge in [-0.05, 0) is 102 Å². The number of hydrogen-bond donors (Lipinski definition) is 1. The number of allylic oxidation sites excluding steroid dienone is 1. The van der Waals surface area contributed by atoms with Gasteiger partial charge in [0.05, 0.1) is 23.7 Å². The molecule has 3 atom stereocenters. The highest BCUT2D eigenvalue weighted by Crippen LogP contribution is 2.53. The van der Waals surface area contributed by atoms with Crippen molar-refractivity contribution in [1.82, 2.24) is 9.78 Å². The molecule has 168 valence electrons. The molecular formula is C28H27FN2OS. The third kappa shape index (κ3) is 3.46. The molecule has 1 N–H and O–H groups in total. The molecule has 0 saturated heterocycles. The van der Waals surface area contributed by atoms with Crippen LogP contribution in [-0.2, 0) is 6.42 Å². The minimum Gasteiger partial charge on any atom is -0.388 e. The normalized spacial score (nSPS) is 23.1. The number of aromatic nitrogens is 2. The smallest absolute Gasteiger partial charge is 0.123 e. The second-order valence-electron chi connectivity index (χ2n) is 9.73. The van der Waals surface area contributed by atoms with Gasteiger partial charge in [-0.2, -0.15) is 5.10 Å². The van der Waals surface area contributed by atoms with E-state index in [0.717, 1.165) is 49.0 Å². The maximum Gasteiger partial charge on any atom is 0.123 e. The lowest BCUT2D eigenvalue weighted by Crippen LogP contribution is -2.38. The monoisotopic (exact) mass is 458 g/mol. The van der Waals surface area contributed by atoms with Crippen LogP contribution >= 0.6 is 11.3 Å². The lowest BCUT2D eigenvalue weighted by Gasteiger charge is -2.46. The molecule has 2 aliphatic rings. The quantitative estimate of drug-likeness (QED) is 0.354. The molecule has 3 nitrogen and oxygen atoms in total. The Balaban J connectivity index is 1.31. The van der Waals surface area contributed by atoms with E-state index in [0.29, 0.717) is 5.92 Å². The van der Waals surface area contributed by atoms with Gasteiger partial charge in [0, 0.05) is 4.70 Å². The summed E-state index contributed by atoms with van der Waals surface area (Å²) in [4.78, 5) is 0.